The lowest BCUT2D eigenvalue weighted by molar-refractivity contribution is 0.0734. The van der Waals surface area contributed by atoms with Gasteiger partial charge in [-0.3, -0.25) is 0 Å². The van der Waals surface area contributed by atoms with Crippen LogP contribution in [0, 0.1) is 0 Å². The van der Waals surface area contributed by atoms with Gasteiger partial charge in [0.15, 0.2) is 0 Å². The predicted octanol–water partition coefficient (Wildman–Crippen LogP) is 5.58. The molecule has 0 fully saturated rings. The highest BCUT2D eigenvalue weighted by Crippen LogP contribution is 2.27. The number of esters is 1. The molecule has 0 radical (unpaired) electrons. The molecule has 1 atom stereocenters. The van der Waals surface area contributed by atoms with E-state index in [1.807, 2.05) is 31.2 Å². The topological polar surface area (TPSA) is 35.5 Å². The summed E-state index contributed by atoms with van der Waals surface area (Å²) in [5.74, 6) is 1.38. The monoisotopic (exact) mass is 376 g/mol. The second kappa shape index (κ2) is 8.16. The highest BCUT2D eigenvalue weighted by Gasteiger charge is 2.12. The molecule has 0 bridgehead atoms. The average molecular weight is 377 g/mol. The largest absolute Gasteiger partial charge is 0.493 e. The van der Waals surface area contributed by atoms with Gasteiger partial charge in [-0.25, -0.2) is 4.79 Å². The molecule has 0 saturated carbocycles. The van der Waals surface area contributed by atoms with Gasteiger partial charge in [-0.2, -0.15) is 0 Å². The normalized spacial score (nSPS) is 11.8. The van der Waals surface area contributed by atoms with Crippen LogP contribution in [0.15, 0.2) is 46.9 Å². The quantitative estimate of drug-likeness (QED) is 0.487. The molecule has 2 rings (SSSR count). The molecular formula is C19H21BrO3. The number of hydrogen-bond donors (Lipinski definition) is 0. The van der Waals surface area contributed by atoms with E-state index < -0.39 is 0 Å². The number of hydrogen-bond acceptors (Lipinski definition) is 3. The Bertz CT molecular complexity index is 665. The lowest BCUT2D eigenvalue weighted by Crippen LogP contribution is -2.08. The first-order valence-electron chi connectivity index (χ1n) is 7.79. The van der Waals surface area contributed by atoms with Crippen LogP contribution in [-0.2, 0) is 0 Å². The van der Waals surface area contributed by atoms with Crippen molar-refractivity contribution in [3.63, 3.8) is 0 Å². The molecule has 0 heterocycles. The van der Waals surface area contributed by atoms with E-state index in [1.54, 1.807) is 18.2 Å². The van der Waals surface area contributed by atoms with E-state index >= 15 is 0 Å². The number of ether oxygens (including phenoxy) is 2. The van der Waals surface area contributed by atoms with Crippen LogP contribution in [0.2, 0.25) is 0 Å². The lowest BCUT2D eigenvalue weighted by Gasteiger charge is -2.10. The zero-order chi connectivity index (χ0) is 16.8. The van der Waals surface area contributed by atoms with Crippen molar-refractivity contribution in [1.82, 2.24) is 0 Å². The second-order valence-corrected chi connectivity index (χ2v) is 6.20. The Morgan fingerprint density at radius 2 is 1.83 bits per heavy atom. The molecule has 23 heavy (non-hydrogen) atoms. The summed E-state index contributed by atoms with van der Waals surface area (Å²) in [6.45, 7) is 6.82. The van der Waals surface area contributed by atoms with Crippen LogP contribution in [0.5, 0.6) is 11.5 Å². The molecule has 3 nitrogen and oxygen atoms in total. The zero-order valence-corrected chi connectivity index (χ0v) is 15.2. The van der Waals surface area contributed by atoms with E-state index in [2.05, 4.69) is 29.8 Å². The van der Waals surface area contributed by atoms with Crippen LogP contribution in [0.3, 0.4) is 0 Å². The van der Waals surface area contributed by atoms with Gasteiger partial charge < -0.3 is 9.47 Å². The first kappa shape index (κ1) is 17.5. The van der Waals surface area contributed by atoms with Crippen molar-refractivity contribution in [2.24, 2.45) is 0 Å². The molecule has 0 aliphatic heterocycles. The fraction of sp³-hybridized carbons (Fsp3) is 0.316. The Labute approximate surface area is 145 Å². The Morgan fingerprint density at radius 1 is 1.13 bits per heavy atom. The molecular weight excluding hydrogens is 356 g/mol. The smallest absolute Gasteiger partial charge is 0.343 e. The number of carbonyl (C=O) groups is 1. The number of halogens is 1. The maximum atomic E-state index is 12.2. The Balaban J connectivity index is 2.08. The lowest BCUT2D eigenvalue weighted by atomic mass is 9.99. The fourth-order valence-corrected chi connectivity index (χ4v) is 2.66. The summed E-state index contributed by atoms with van der Waals surface area (Å²) < 4.78 is 11.6. The first-order chi connectivity index (χ1) is 11.0. The summed E-state index contributed by atoms with van der Waals surface area (Å²) in [6.07, 6.45) is 1.08. The standard InChI is InChI=1S/C19H21BrO3/c1-4-13(3)14-6-9-16(10-7-14)23-19(21)15-8-11-18(22-5-2)17(20)12-15/h6-13H,4-5H2,1-3H3. The molecule has 0 spiro atoms. The fourth-order valence-electron chi connectivity index (χ4n) is 2.17. The van der Waals surface area contributed by atoms with Gasteiger partial charge in [0.05, 0.1) is 16.6 Å². The highest BCUT2D eigenvalue weighted by molar-refractivity contribution is 9.10. The van der Waals surface area contributed by atoms with Crippen LogP contribution in [-0.4, -0.2) is 12.6 Å². The molecule has 0 amide bonds. The van der Waals surface area contributed by atoms with Crippen LogP contribution < -0.4 is 9.47 Å². The Morgan fingerprint density at radius 3 is 2.39 bits per heavy atom. The molecule has 0 aliphatic carbocycles. The van der Waals surface area contributed by atoms with Gasteiger partial charge >= 0.3 is 5.97 Å². The third-order valence-corrected chi connectivity index (χ3v) is 4.36. The number of carbonyl (C=O) groups excluding carboxylic acids is 1. The molecule has 2 aromatic carbocycles. The minimum Gasteiger partial charge on any atom is -0.493 e. The van der Waals surface area contributed by atoms with E-state index in [4.69, 9.17) is 9.47 Å². The molecule has 122 valence electrons. The van der Waals surface area contributed by atoms with E-state index in [0.29, 0.717) is 29.6 Å². The minimum absolute atomic E-state index is 0.384. The Hall–Kier alpha value is -1.81. The van der Waals surface area contributed by atoms with Crippen molar-refractivity contribution in [2.75, 3.05) is 6.61 Å². The highest BCUT2D eigenvalue weighted by atomic mass is 79.9. The van der Waals surface area contributed by atoms with Crippen LogP contribution >= 0.6 is 15.9 Å². The maximum absolute atomic E-state index is 12.2. The van der Waals surface area contributed by atoms with E-state index in [0.717, 1.165) is 10.9 Å². The van der Waals surface area contributed by atoms with Gasteiger partial charge in [0.2, 0.25) is 0 Å². The van der Waals surface area contributed by atoms with Crippen LogP contribution in [0.1, 0.15) is 49.0 Å². The predicted molar refractivity (Wildman–Crippen MR) is 95.4 cm³/mol. The van der Waals surface area contributed by atoms with Crippen molar-refractivity contribution in [2.45, 2.75) is 33.1 Å². The zero-order valence-electron chi connectivity index (χ0n) is 13.6. The van der Waals surface area contributed by atoms with E-state index in [-0.39, 0.29) is 5.97 Å². The number of benzene rings is 2. The number of rotatable bonds is 6. The van der Waals surface area contributed by atoms with E-state index in [9.17, 15) is 4.79 Å². The van der Waals surface area contributed by atoms with Crippen molar-refractivity contribution in [3.05, 3.63) is 58.1 Å². The molecule has 0 N–H and O–H groups in total. The third-order valence-electron chi connectivity index (χ3n) is 3.74. The minimum atomic E-state index is -0.384. The van der Waals surface area contributed by atoms with Crippen molar-refractivity contribution in [3.8, 4) is 11.5 Å². The average Bonchev–Trinajstić information content (AvgIpc) is 2.56. The van der Waals surface area contributed by atoms with Gasteiger partial charge in [-0.05, 0) is 71.1 Å². The second-order valence-electron chi connectivity index (χ2n) is 5.35. The molecule has 0 saturated heterocycles. The molecule has 2 aromatic rings. The van der Waals surface area contributed by atoms with Gasteiger partial charge in [-0.1, -0.05) is 26.0 Å². The van der Waals surface area contributed by atoms with Gasteiger partial charge in [-0.15, -0.1) is 0 Å². The van der Waals surface area contributed by atoms with Gasteiger partial charge in [0.1, 0.15) is 11.5 Å². The molecule has 0 aliphatic rings. The van der Waals surface area contributed by atoms with E-state index in [1.165, 1.54) is 5.56 Å². The Kier molecular flexibility index (Phi) is 6.22. The van der Waals surface area contributed by atoms with Crippen LogP contribution in [0.4, 0.5) is 0 Å². The maximum Gasteiger partial charge on any atom is 0.343 e. The summed E-state index contributed by atoms with van der Waals surface area (Å²) in [4.78, 5) is 12.2. The summed E-state index contributed by atoms with van der Waals surface area (Å²) >= 11 is 3.40. The molecule has 1 unspecified atom stereocenters. The first-order valence-corrected chi connectivity index (χ1v) is 8.59. The molecule has 0 aromatic heterocycles. The van der Waals surface area contributed by atoms with Crippen molar-refractivity contribution < 1.29 is 14.3 Å². The molecule has 4 heteroatoms. The van der Waals surface area contributed by atoms with Crippen molar-refractivity contribution >= 4 is 21.9 Å². The summed E-state index contributed by atoms with van der Waals surface area (Å²) in [6, 6.07) is 12.9. The third kappa shape index (κ3) is 4.58. The van der Waals surface area contributed by atoms with Gasteiger partial charge in [0, 0.05) is 0 Å². The summed E-state index contributed by atoms with van der Waals surface area (Å²) in [5.41, 5.74) is 1.72. The summed E-state index contributed by atoms with van der Waals surface area (Å²) in [5, 5.41) is 0. The van der Waals surface area contributed by atoms with Gasteiger partial charge in [0.25, 0.3) is 0 Å². The summed E-state index contributed by atoms with van der Waals surface area (Å²) in [7, 11) is 0. The van der Waals surface area contributed by atoms with Crippen LogP contribution in [0.25, 0.3) is 0 Å². The van der Waals surface area contributed by atoms with Crippen molar-refractivity contribution in [1.29, 1.82) is 0 Å². The SMILES string of the molecule is CCOc1ccc(C(=O)Oc2ccc(C(C)CC)cc2)cc1Br.